The average Bonchev–Trinajstić information content (AvgIpc) is 2.69. The first-order chi connectivity index (χ1) is 13.0. The van der Waals surface area contributed by atoms with Crippen LogP contribution in [0.3, 0.4) is 0 Å². The van der Waals surface area contributed by atoms with Gasteiger partial charge >= 0.3 is 12.0 Å². The third kappa shape index (κ3) is 6.19. The molecule has 0 aliphatic carbocycles. The number of urea groups is 1. The lowest BCUT2D eigenvalue weighted by Gasteiger charge is -2.12. The fourth-order valence-electron chi connectivity index (χ4n) is 2.29. The Balaban J connectivity index is 1.83. The molecular formula is C19H22N2O6. The van der Waals surface area contributed by atoms with Crippen molar-refractivity contribution in [3.8, 4) is 11.5 Å². The highest BCUT2D eigenvalue weighted by Gasteiger charge is 2.07. The lowest BCUT2D eigenvalue weighted by molar-refractivity contribution is 0.0697. The van der Waals surface area contributed by atoms with E-state index >= 15 is 0 Å². The van der Waals surface area contributed by atoms with Gasteiger partial charge in [0.15, 0.2) is 11.5 Å². The van der Waals surface area contributed by atoms with E-state index in [1.807, 2.05) is 0 Å². The smallest absolute Gasteiger partial charge is 0.335 e. The summed E-state index contributed by atoms with van der Waals surface area (Å²) in [5.74, 6) is 0.0432. The zero-order valence-electron chi connectivity index (χ0n) is 14.9. The topological polar surface area (TPSA) is 117 Å². The maximum Gasteiger partial charge on any atom is 0.335 e. The van der Waals surface area contributed by atoms with Crippen LogP contribution in [-0.2, 0) is 13.1 Å². The normalized spacial score (nSPS) is 10.1. The largest absolute Gasteiger partial charge is 0.493 e. The standard InChI is InChI=1S/C19H22N2O6/c1-26-17-10-14(4-7-16(17)27-9-8-22)12-21-19(25)20-11-13-2-5-15(6-3-13)18(23)24/h2-7,10,22H,8-9,11-12H2,1H3,(H,23,24)(H2,20,21,25). The Morgan fingerprint density at radius 1 is 0.963 bits per heavy atom. The number of aliphatic hydroxyl groups is 1. The summed E-state index contributed by atoms with van der Waals surface area (Å²) < 4.78 is 10.6. The molecule has 2 amide bonds. The molecule has 0 aliphatic heterocycles. The minimum atomic E-state index is -0.990. The van der Waals surface area contributed by atoms with Gasteiger partial charge in [-0.1, -0.05) is 18.2 Å². The molecule has 0 radical (unpaired) electrons. The summed E-state index contributed by atoms with van der Waals surface area (Å²) in [5.41, 5.74) is 1.81. The van der Waals surface area contributed by atoms with Crippen LogP contribution >= 0.6 is 0 Å². The predicted molar refractivity (Wildman–Crippen MR) is 98.1 cm³/mol. The Bertz CT molecular complexity index is 776. The number of benzene rings is 2. The fraction of sp³-hybridized carbons (Fsp3) is 0.263. The number of aromatic carboxylic acids is 1. The molecule has 4 N–H and O–H groups in total. The molecule has 0 aliphatic rings. The van der Waals surface area contributed by atoms with Gasteiger partial charge in [0.25, 0.3) is 0 Å². The molecule has 27 heavy (non-hydrogen) atoms. The molecule has 0 unspecified atom stereocenters. The van der Waals surface area contributed by atoms with Crippen molar-refractivity contribution in [1.82, 2.24) is 10.6 Å². The molecule has 0 aromatic heterocycles. The summed E-state index contributed by atoms with van der Waals surface area (Å²) in [7, 11) is 1.51. The molecule has 0 saturated heterocycles. The minimum Gasteiger partial charge on any atom is -0.493 e. The minimum absolute atomic E-state index is 0.0916. The first kappa shape index (κ1) is 20.1. The van der Waals surface area contributed by atoms with Gasteiger partial charge in [0.05, 0.1) is 19.3 Å². The number of amides is 2. The van der Waals surface area contributed by atoms with Crippen molar-refractivity contribution in [2.75, 3.05) is 20.3 Å². The van der Waals surface area contributed by atoms with Gasteiger partial charge in [-0.2, -0.15) is 0 Å². The van der Waals surface area contributed by atoms with Crippen LogP contribution in [0.15, 0.2) is 42.5 Å². The fourth-order valence-corrected chi connectivity index (χ4v) is 2.29. The van der Waals surface area contributed by atoms with Gasteiger partial charge in [-0.05, 0) is 35.4 Å². The van der Waals surface area contributed by atoms with Crippen molar-refractivity contribution in [2.45, 2.75) is 13.1 Å². The van der Waals surface area contributed by atoms with E-state index in [2.05, 4.69) is 10.6 Å². The summed E-state index contributed by atoms with van der Waals surface area (Å²) in [6, 6.07) is 11.2. The van der Waals surface area contributed by atoms with Gasteiger partial charge in [0.1, 0.15) is 6.61 Å². The molecule has 0 bridgehead atoms. The maximum absolute atomic E-state index is 11.9. The first-order valence-electron chi connectivity index (χ1n) is 8.28. The van der Waals surface area contributed by atoms with Crippen LogP contribution < -0.4 is 20.1 Å². The van der Waals surface area contributed by atoms with Crippen LogP contribution in [0.2, 0.25) is 0 Å². The highest BCUT2D eigenvalue weighted by atomic mass is 16.5. The monoisotopic (exact) mass is 374 g/mol. The molecule has 0 atom stereocenters. The van der Waals surface area contributed by atoms with Crippen LogP contribution in [0, 0.1) is 0 Å². The van der Waals surface area contributed by atoms with Crippen molar-refractivity contribution >= 4 is 12.0 Å². The molecule has 2 aromatic carbocycles. The van der Waals surface area contributed by atoms with Crippen molar-refractivity contribution in [2.24, 2.45) is 0 Å². The number of aliphatic hydroxyl groups excluding tert-OH is 1. The second-order valence-corrected chi connectivity index (χ2v) is 5.60. The molecular weight excluding hydrogens is 352 g/mol. The SMILES string of the molecule is COc1cc(CNC(=O)NCc2ccc(C(=O)O)cc2)ccc1OCCO. The molecule has 0 fully saturated rings. The van der Waals surface area contributed by atoms with Crippen molar-refractivity contribution in [1.29, 1.82) is 0 Å². The first-order valence-corrected chi connectivity index (χ1v) is 8.28. The Labute approximate surface area is 156 Å². The van der Waals surface area contributed by atoms with Gasteiger partial charge in [0, 0.05) is 13.1 Å². The Morgan fingerprint density at radius 3 is 2.19 bits per heavy atom. The van der Waals surface area contributed by atoms with Crippen molar-refractivity contribution in [3.63, 3.8) is 0 Å². The third-order valence-electron chi connectivity index (χ3n) is 3.68. The van der Waals surface area contributed by atoms with Crippen LogP contribution in [-0.4, -0.2) is 42.5 Å². The second kappa shape index (κ2) is 10.0. The number of hydrogen-bond donors (Lipinski definition) is 4. The van der Waals surface area contributed by atoms with Gasteiger partial charge in [-0.25, -0.2) is 9.59 Å². The number of hydrogen-bond acceptors (Lipinski definition) is 5. The number of carboxylic acids is 1. The molecule has 8 heteroatoms. The molecule has 0 spiro atoms. The summed E-state index contributed by atoms with van der Waals surface area (Å²) in [5, 5.41) is 23.1. The van der Waals surface area contributed by atoms with Gasteiger partial charge in [-0.15, -0.1) is 0 Å². The Morgan fingerprint density at radius 2 is 1.59 bits per heavy atom. The highest BCUT2D eigenvalue weighted by molar-refractivity contribution is 5.87. The number of nitrogens with one attached hydrogen (secondary N) is 2. The van der Waals surface area contributed by atoms with Crippen molar-refractivity contribution < 1.29 is 29.3 Å². The van der Waals surface area contributed by atoms with Gasteiger partial charge in [0.2, 0.25) is 0 Å². The number of rotatable bonds is 9. The van der Waals surface area contributed by atoms with E-state index in [9.17, 15) is 9.59 Å². The number of ether oxygens (including phenoxy) is 2. The summed E-state index contributed by atoms with van der Waals surface area (Å²) in [6.07, 6.45) is 0. The van der Waals surface area contributed by atoms with E-state index in [-0.39, 0.29) is 31.4 Å². The molecule has 2 rings (SSSR count). The van der Waals surface area contributed by atoms with Crippen LogP contribution in [0.1, 0.15) is 21.5 Å². The lowest BCUT2D eigenvalue weighted by atomic mass is 10.1. The summed E-state index contributed by atoms with van der Waals surface area (Å²) in [6.45, 7) is 0.652. The van der Waals surface area contributed by atoms with E-state index < -0.39 is 5.97 Å². The van der Waals surface area contributed by atoms with E-state index in [4.69, 9.17) is 19.7 Å². The van der Waals surface area contributed by atoms with E-state index in [0.29, 0.717) is 18.0 Å². The maximum atomic E-state index is 11.9. The molecule has 144 valence electrons. The number of carboxylic acid groups (broad SMARTS) is 1. The number of carbonyl (C=O) groups excluding carboxylic acids is 1. The zero-order valence-corrected chi connectivity index (χ0v) is 14.9. The summed E-state index contributed by atoms with van der Waals surface area (Å²) >= 11 is 0. The van der Waals surface area contributed by atoms with Crippen LogP contribution in [0.5, 0.6) is 11.5 Å². The zero-order chi connectivity index (χ0) is 19.6. The number of methoxy groups -OCH3 is 1. The Hall–Kier alpha value is -3.26. The highest BCUT2D eigenvalue weighted by Crippen LogP contribution is 2.27. The van der Waals surface area contributed by atoms with Crippen LogP contribution in [0.4, 0.5) is 4.79 Å². The van der Waals surface area contributed by atoms with Gasteiger partial charge < -0.3 is 30.3 Å². The predicted octanol–water partition coefficient (Wildman–Crippen LogP) is 1.76. The van der Waals surface area contributed by atoms with Crippen molar-refractivity contribution in [3.05, 3.63) is 59.2 Å². The molecule has 2 aromatic rings. The van der Waals surface area contributed by atoms with Crippen LogP contribution in [0.25, 0.3) is 0 Å². The van der Waals surface area contributed by atoms with Gasteiger partial charge in [-0.3, -0.25) is 0 Å². The second-order valence-electron chi connectivity index (χ2n) is 5.60. The lowest BCUT2D eigenvalue weighted by Crippen LogP contribution is -2.34. The quantitative estimate of drug-likeness (QED) is 0.531. The Kier molecular flexibility index (Phi) is 7.45. The molecule has 8 nitrogen and oxygen atoms in total. The molecule has 0 saturated carbocycles. The third-order valence-corrected chi connectivity index (χ3v) is 3.68. The van der Waals surface area contributed by atoms with E-state index in [1.165, 1.54) is 19.2 Å². The number of carbonyl (C=O) groups is 2. The summed E-state index contributed by atoms with van der Waals surface area (Å²) in [4.78, 5) is 22.7. The average molecular weight is 374 g/mol. The molecule has 0 heterocycles. The van der Waals surface area contributed by atoms with E-state index in [0.717, 1.165) is 11.1 Å². The van der Waals surface area contributed by atoms with E-state index in [1.54, 1.807) is 30.3 Å².